The Kier molecular flexibility index (Phi) is 2.41. The SMILES string of the molecule is Cn1c(=O)n(-c2ccc(Cl)nc2)c2cccnc21. The van der Waals surface area contributed by atoms with E-state index >= 15 is 0 Å². The summed E-state index contributed by atoms with van der Waals surface area (Å²) < 4.78 is 3.07. The molecule has 0 fully saturated rings. The maximum absolute atomic E-state index is 12.2. The summed E-state index contributed by atoms with van der Waals surface area (Å²) in [5.74, 6) is 0. The van der Waals surface area contributed by atoms with Gasteiger partial charge in [0.1, 0.15) is 5.15 Å². The van der Waals surface area contributed by atoms with E-state index in [9.17, 15) is 4.79 Å². The second-order valence-electron chi connectivity index (χ2n) is 3.86. The van der Waals surface area contributed by atoms with Crippen LogP contribution in [0.1, 0.15) is 0 Å². The first-order valence-corrected chi connectivity index (χ1v) is 5.70. The van der Waals surface area contributed by atoms with E-state index in [1.807, 2.05) is 6.07 Å². The van der Waals surface area contributed by atoms with Crippen LogP contribution < -0.4 is 5.69 Å². The van der Waals surface area contributed by atoms with Crippen LogP contribution in [0.2, 0.25) is 5.15 Å². The standard InChI is InChI=1S/C12H9ClN4O/c1-16-11-9(3-2-6-14-11)17(12(16)18)8-4-5-10(13)15-7-8/h2-7H,1H3. The van der Waals surface area contributed by atoms with Gasteiger partial charge in [0.25, 0.3) is 0 Å². The molecule has 0 aliphatic rings. The summed E-state index contributed by atoms with van der Waals surface area (Å²) in [6, 6.07) is 7.04. The highest BCUT2D eigenvalue weighted by atomic mass is 35.5. The molecular formula is C12H9ClN4O. The Morgan fingerprint density at radius 3 is 2.78 bits per heavy atom. The molecule has 0 aliphatic carbocycles. The fraction of sp³-hybridized carbons (Fsp3) is 0.0833. The van der Waals surface area contributed by atoms with Crippen molar-refractivity contribution in [1.29, 1.82) is 0 Å². The number of halogens is 1. The van der Waals surface area contributed by atoms with Gasteiger partial charge in [-0.25, -0.2) is 14.8 Å². The topological polar surface area (TPSA) is 52.7 Å². The number of pyridine rings is 2. The highest BCUT2D eigenvalue weighted by Gasteiger charge is 2.12. The van der Waals surface area contributed by atoms with Gasteiger partial charge in [0.15, 0.2) is 5.65 Å². The van der Waals surface area contributed by atoms with Crippen LogP contribution in [0.25, 0.3) is 16.9 Å². The number of nitrogens with zero attached hydrogens (tertiary/aromatic N) is 4. The van der Waals surface area contributed by atoms with Crippen molar-refractivity contribution in [1.82, 2.24) is 19.1 Å². The molecular weight excluding hydrogens is 252 g/mol. The maximum atomic E-state index is 12.2. The smallest absolute Gasteiger partial charge is 0.279 e. The van der Waals surface area contributed by atoms with Crippen LogP contribution in [0.4, 0.5) is 0 Å². The molecule has 3 aromatic rings. The highest BCUT2D eigenvalue weighted by molar-refractivity contribution is 6.29. The summed E-state index contributed by atoms with van der Waals surface area (Å²) in [6.45, 7) is 0. The molecule has 6 heteroatoms. The molecule has 0 aromatic carbocycles. The molecule has 18 heavy (non-hydrogen) atoms. The van der Waals surface area contributed by atoms with Gasteiger partial charge in [-0.05, 0) is 24.3 Å². The summed E-state index contributed by atoms with van der Waals surface area (Å²) in [7, 11) is 1.69. The molecule has 0 atom stereocenters. The average Bonchev–Trinajstić information content (AvgIpc) is 2.64. The van der Waals surface area contributed by atoms with Crippen LogP contribution in [-0.2, 0) is 7.05 Å². The van der Waals surface area contributed by atoms with E-state index in [0.717, 1.165) is 5.52 Å². The number of hydrogen-bond acceptors (Lipinski definition) is 3. The van der Waals surface area contributed by atoms with E-state index in [-0.39, 0.29) is 5.69 Å². The minimum absolute atomic E-state index is 0.159. The van der Waals surface area contributed by atoms with Crippen LogP contribution >= 0.6 is 11.6 Å². The zero-order valence-electron chi connectivity index (χ0n) is 9.54. The van der Waals surface area contributed by atoms with Crippen LogP contribution in [-0.4, -0.2) is 19.1 Å². The fourth-order valence-corrected chi connectivity index (χ4v) is 2.03. The lowest BCUT2D eigenvalue weighted by atomic mass is 10.4. The molecule has 0 saturated carbocycles. The third-order valence-electron chi connectivity index (χ3n) is 2.77. The van der Waals surface area contributed by atoms with Gasteiger partial charge in [0, 0.05) is 13.2 Å². The fourth-order valence-electron chi connectivity index (χ4n) is 1.91. The molecule has 0 spiro atoms. The average molecular weight is 261 g/mol. The molecule has 3 rings (SSSR count). The molecule has 0 saturated heterocycles. The molecule has 90 valence electrons. The molecule has 0 unspecified atom stereocenters. The van der Waals surface area contributed by atoms with Gasteiger partial charge in [-0.15, -0.1) is 0 Å². The van der Waals surface area contributed by atoms with Crippen LogP contribution in [0, 0.1) is 0 Å². The van der Waals surface area contributed by atoms with Crippen molar-refractivity contribution < 1.29 is 0 Å². The highest BCUT2D eigenvalue weighted by Crippen LogP contribution is 2.15. The van der Waals surface area contributed by atoms with Gasteiger partial charge in [-0.3, -0.25) is 9.13 Å². The number of rotatable bonds is 1. The van der Waals surface area contributed by atoms with E-state index in [1.54, 1.807) is 42.2 Å². The molecule has 0 radical (unpaired) electrons. The molecule has 3 aromatic heterocycles. The summed E-state index contributed by atoms with van der Waals surface area (Å²) in [4.78, 5) is 20.4. The summed E-state index contributed by atoms with van der Waals surface area (Å²) in [5, 5.41) is 0.394. The summed E-state index contributed by atoms with van der Waals surface area (Å²) >= 11 is 5.75. The monoisotopic (exact) mass is 260 g/mol. The van der Waals surface area contributed by atoms with Gasteiger partial charge in [-0.2, -0.15) is 0 Å². The van der Waals surface area contributed by atoms with Crippen LogP contribution in [0.3, 0.4) is 0 Å². The van der Waals surface area contributed by atoms with Crippen molar-refractivity contribution in [2.24, 2.45) is 7.05 Å². The summed E-state index contributed by atoms with van der Waals surface area (Å²) in [5.41, 5.74) is 1.89. The third kappa shape index (κ3) is 1.52. The van der Waals surface area contributed by atoms with Crippen molar-refractivity contribution in [3.8, 4) is 5.69 Å². The van der Waals surface area contributed by atoms with E-state index in [0.29, 0.717) is 16.5 Å². The number of hydrogen-bond donors (Lipinski definition) is 0. The Morgan fingerprint density at radius 2 is 2.06 bits per heavy atom. The quantitative estimate of drug-likeness (QED) is 0.627. The first-order valence-electron chi connectivity index (χ1n) is 5.33. The van der Waals surface area contributed by atoms with Gasteiger partial charge in [0.05, 0.1) is 17.4 Å². The first-order chi connectivity index (χ1) is 8.68. The Bertz CT molecular complexity index is 773. The second-order valence-corrected chi connectivity index (χ2v) is 4.25. The van der Waals surface area contributed by atoms with Gasteiger partial charge < -0.3 is 0 Å². The first kappa shape index (κ1) is 11.0. The van der Waals surface area contributed by atoms with Gasteiger partial charge >= 0.3 is 5.69 Å². The van der Waals surface area contributed by atoms with Gasteiger partial charge in [-0.1, -0.05) is 11.6 Å². The maximum Gasteiger partial charge on any atom is 0.334 e. The van der Waals surface area contributed by atoms with Crippen LogP contribution in [0.5, 0.6) is 0 Å². The van der Waals surface area contributed by atoms with Gasteiger partial charge in [0.2, 0.25) is 0 Å². The Balaban J connectivity index is 2.39. The van der Waals surface area contributed by atoms with Crippen molar-refractivity contribution in [3.05, 3.63) is 52.3 Å². The molecule has 3 heterocycles. The Hall–Kier alpha value is -2.14. The zero-order chi connectivity index (χ0) is 12.7. The molecule has 0 amide bonds. The second kappa shape index (κ2) is 3.96. The molecule has 0 bridgehead atoms. The van der Waals surface area contributed by atoms with Crippen molar-refractivity contribution >= 4 is 22.8 Å². The van der Waals surface area contributed by atoms with E-state index < -0.39 is 0 Å². The van der Waals surface area contributed by atoms with Crippen molar-refractivity contribution in [2.75, 3.05) is 0 Å². The molecule has 5 nitrogen and oxygen atoms in total. The largest absolute Gasteiger partial charge is 0.334 e. The predicted octanol–water partition coefficient (Wildman–Crippen LogP) is 1.77. The normalized spacial score (nSPS) is 11.0. The van der Waals surface area contributed by atoms with Crippen molar-refractivity contribution in [2.45, 2.75) is 0 Å². The van der Waals surface area contributed by atoms with E-state index in [2.05, 4.69) is 9.97 Å². The Morgan fingerprint density at radius 1 is 1.22 bits per heavy atom. The number of fused-ring (bicyclic) bond motifs is 1. The number of aromatic nitrogens is 4. The Labute approximate surface area is 107 Å². The summed E-state index contributed by atoms with van der Waals surface area (Å²) in [6.07, 6.45) is 3.22. The number of aryl methyl sites for hydroxylation is 1. The van der Waals surface area contributed by atoms with Crippen LogP contribution in [0.15, 0.2) is 41.5 Å². The third-order valence-corrected chi connectivity index (χ3v) is 3.00. The zero-order valence-corrected chi connectivity index (χ0v) is 10.3. The molecule has 0 aliphatic heterocycles. The minimum Gasteiger partial charge on any atom is -0.279 e. The number of imidazole rings is 1. The molecule has 0 N–H and O–H groups in total. The van der Waals surface area contributed by atoms with Crippen molar-refractivity contribution in [3.63, 3.8) is 0 Å². The predicted molar refractivity (Wildman–Crippen MR) is 69.1 cm³/mol. The lowest BCUT2D eigenvalue weighted by Gasteiger charge is -2.01. The lowest BCUT2D eigenvalue weighted by molar-refractivity contribution is 0.837. The lowest BCUT2D eigenvalue weighted by Crippen LogP contribution is -2.20. The van der Waals surface area contributed by atoms with E-state index in [1.165, 1.54) is 4.57 Å². The minimum atomic E-state index is -0.159. The van der Waals surface area contributed by atoms with E-state index in [4.69, 9.17) is 11.6 Å².